The van der Waals surface area contributed by atoms with Gasteiger partial charge in [0.2, 0.25) is 0 Å². The number of aryl methyl sites for hydroxylation is 2. The fraction of sp³-hybridized carbons (Fsp3) is 0.412. The van der Waals surface area contributed by atoms with Crippen LogP contribution >= 0.6 is 0 Å². The summed E-state index contributed by atoms with van der Waals surface area (Å²) in [6.45, 7) is 3.06. The third-order valence-electron chi connectivity index (χ3n) is 3.56. The minimum absolute atomic E-state index is 0.165. The van der Waals surface area contributed by atoms with E-state index in [9.17, 15) is 9.18 Å². The quantitative estimate of drug-likeness (QED) is 0.794. The molecule has 25 heavy (non-hydrogen) atoms. The summed E-state index contributed by atoms with van der Waals surface area (Å²) in [4.78, 5) is 14.0. The van der Waals surface area contributed by atoms with Gasteiger partial charge in [0.1, 0.15) is 6.61 Å². The van der Waals surface area contributed by atoms with Crippen molar-refractivity contribution in [3.8, 4) is 5.75 Å². The number of hydrogen-bond acceptors (Lipinski definition) is 4. The Kier molecular flexibility index (Phi) is 6.76. The van der Waals surface area contributed by atoms with Gasteiger partial charge in [0, 0.05) is 26.9 Å². The molecule has 0 spiro atoms. The van der Waals surface area contributed by atoms with Gasteiger partial charge in [-0.15, -0.1) is 0 Å². The Balaban J connectivity index is 1.94. The highest BCUT2D eigenvalue weighted by molar-refractivity contribution is 5.89. The van der Waals surface area contributed by atoms with Crippen molar-refractivity contribution in [3.63, 3.8) is 0 Å². The number of urea groups is 1. The van der Waals surface area contributed by atoms with E-state index in [1.54, 1.807) is 48.1 Å². The predicted octanol–water partition coefficient (Wildman–Crippen LogP) is 2.43. The molecule has 1 heterocycles. The SMILES string of the molecule is COCCN(CCOc1ccccc1F)C(=O)Nc1cn(C)nc1C. The molecule has 2 aromatic rings. The molecule has 0 saturated carbocycles. The number of hydrogen-bond donors (Lipinski definition) is 1. The number of rotatable bonds is 8. The van der Waals surface area contributed by atoms with E-state index in [1.165, 1.54) is 6.07 Å². The first-order valence-electron chi connectivity index (χ1n) is 7.93. The fourth-order valence-corrected chi connectivity index (χ4v) is 2.26. The van der Waals surface area contributed by atoms with Crippen molar-refractivity contribution in [2.75, 3.05) is 38.7 Å². The molecule has 0 radical (unpaired) electrons. The molecule has 2 amide bonds. The van der Waals surface area contributed by atoms with E-state index in [-0.39, 0.29) is 18.4 Å². The highest BCUT2D eigenvalue weighted by Gasteiger charge is 2.16. The highest BCUT2D eigenvalue weighted by atomic mass is 19.1. The van der Waals surface area contributed by atoms with Crippen molar-refractivity contribution in [2.45, 2.75) is 6.92 Å². The molecule has 0 bridgehead atoms. The summed E-state index contributed by atoms with van der Waals surface area (Å²) in [5, 5.41) is 7.01. The lowest BCUT2D eigenvalue weighted by molar-refractivity contribution is 0.145. The lowest BCUT2D eigenvalue weighted by atomic mass is 10.3. The molecule has 1 aromatic carbocycles. The summed E-state index contributed by atoms with van der Waals surface area (Å²) in [7, 11) is 3.35. The molecule has 0 aliphatic rings. The van der Waals surface area contributed by atoms with Crippen LogP contribution in [0.1, 0.15) is 5.69 Å². The second kappa shape index (κ2) is 9.03. The average molecular weight is 350 g/mol. The Bertz CT molecular complexity index is 705. The van der Waals surface area contributed by atoms with Crippen molar-refractivity contribution in [2.24, 2.45) is 7.05 Å². The van der Waals surface area contributed by atoms with E-state index in [0.717, 1.165) is 5.69 Å². The number of ether oxygens (including phenoxy) is 2. The van der Waals surface area contributed by atoms with E-state index >= 15 is 0 Å². The van der Waals surface area contributed by atoms with Crippen LogP contribution in [0.5, 0.6) is 5.75 Å². The van der Waals surface area contributed by atoms with Crippen LogP contribution in [0.4, 0.5) is 14.9 Å². The summed E-state index contributed by atoms with van der Waals surface area (Å²) in [5.74, 6) is -0.265. The van der Waals surface area contributed by atoms with Gasteiger partial charge in [0.25, 0.3) is 0 Å². The number of para-hydroxylation sites is 1. The monoisotopic (exact) mass is 350 g/mol. The van der Waals surface area contributed by atoms with Crippen LogP contribution in [0.25, 0.3) is 0 Å². The first-order valence-corrected chi connectivity index (χ1v) is 7.93. The van der Waals surface area contributed by atoms with E-state index in [4.69, 9.17) is 9.47 Å². The van der Waals surface area contributed by atoms with Crippen LogP contribution in [-0.2, 0) is 11.8 Å². The summed E-state index contributed by atoms with van der Waals surface area (Å²) in [6.07, 6.45) is 1.73. The molecule has 0 aliphatic heterocycles. The lowest BCUT2D eigenvalue weighted by Crippen LogP contribution is -2.40. The second-order valence-electron chi connectivity index (χ2n) is 5.49. The molecule has 1 aromatic heterocycles. The second-order valence-corrected chi connectivity index (χ2v) is 5.49. The number of nitrogens with zero attached hydrogens (tertiary/aromatic N) is 3. The number of anilines is 1. The molecule has 7 nitrogen and oxygen atoms in total. The van der Waals surface area contributed by atoms with Crippen LogP contribution in [0.3, 0.4) is 0 Å². The Hall–Kier alpha value is -2.61. The number of nitrogens with one attached hydrogen (secondary N) is 1. The zero-order valence-corrected chi connectivity index (χ0v) is 14.7. The van der Waals surface area contributed by atoms with Crippen LogP contribution in [0.15, 0.2) is 30.5 Å². The summed E-state index contributed by atoms with van der Waals surface area (Å²) in [5.41, 5.74) is 1.37. The van der Waals surface area contributed by atoms with Crippen LogP contribution in [0.2, 0.25) is 0 Å². The normalized spacial score (nSPS) is 10.6. The topological polar surface area (TPSA) is 68.6 Å². The Morgan fingerprint density at radius 1 is 1.32 bits per heavy atom. The molecule has 1 N–H and O–H groups in total. The van der Waals surface area contributed by atoms with Gasteiger partial charge >= 0.3 is 6.03 Å². The van der Waals surface area contributed by atoms with Gasteiger partial charge in [-0.25, -0.2) is 9.18 Å². The third kappa shape index (κ3) is 5.46. The predicted molar refractivity (Wildman–Crippen MR) is 92.3 cm³/mol. The average Bonchev–Trinajstić information content (AvgIpc) is 2.89. The third-order valence-corrected chi connectivity index (χ3v) is 3.56. The zero-order valence-electron chi connectivity index (χ0n) is 14.7. The minimum Gasteiger partial charge on any atom is -0.489 e. The number of aromatic nitrogens is 2. The summed E-state index contributed by atoms with van der Waals surface area (Å²) in [6, 6.07) is 5.88. The molecule has 0 atom stereocenters. The first-order chi connectivity index (χ1) is 12.0. The molecule has 8 heteroatoms. The number of benzene rings is 1. The molecule has 0 fully saturated rings. The van der Waals surface area contributed by atoms with Crippen molar-refractivity contribution in [1.82, 2.24) is 14.7 Å². The van der Waals surface area contributed by atoms with Crippen LogP contribution < -0.4 is 10.1 Å². The van der Waals surface area contributed by atoms with Crippen molar-refractivity contribution in [1.29, 1.82) is 0 Å². The maximum atomic E-state index is 13.6. The molecule has 0 aliphatic carbocycles. The van der Waals surface area contributed by atoms with Gasteiger partial charge in [-0.05, 0) is 19.1 Å². The first kappa shape index (κ1) is 18.7. The van der Waals surface area contributed by atoms with Crippen molar-refractivity contribution >= 4 is 11.7 Å². The molecule has 0 saturated heterocycles. The lowest BCUT2D eigenvalue weighted by Gasteiger charge is -2.22. The summed E-state index contributed by atoms with van der Waals surface area (Å²) >= 11 is 0. The molecular formula is C17H23FN4O3. The number of methoxy groups -OCH3 is 1. The zero-order chi connectivity index (χ0) is 18.2. The maximum Gasteiger partial charge on any atom is 0.322 e. The van der Waals surface area contributed by atoms with Gasteiger partial charge in [0.15, 0.2) is 11.6 Å². The molecular weight excluding hydrogens is 327 g/mol. The number of halogens is 1. The standard InChI is InChI=1S/C17H23FN4O3/c1-13-15(12-21(2)20-13)19-17(23)22(8-10-24-3)9-11-25-16-7-5-4-6-14(16)18/h4-7,12H,8-11H2,1-3H3,(H,19,23). The van der Waals surface area contributed by atoms with Crippen LogP contribution in [-0.4, -0.2) is 54.1 Å². The van der Waals surface area contributed by atoms with Gasteiger partial charge in [-0.1, -0.05) is 12.1 Å². The summed E-state index contributed by atoms with van der Waals surface area (Å²) < 4.78 is 25.7. The molecule has 136 valence electrons. The van der Waals surface area contributed by atoms with E-state index in [0.29, 0.717) is 25.4 Å². The Morgan fingerprint density at radius 2 is 2.04 bits per heavy atom. The van der Waals surface area contributed by atoms with E-state index in [2.05, 4.69) is 10.4 Å². The van der Waals surface area contributed by atoms with Gasteiger partial charge in [0.05, 0.1) is 24.5 Å². The van der Waals surface area contributed by atoms with E-state index in [1.807, 2.05) is 6.92 Å². The van der Waals surface area contributed by atoms with E-state index < -0.39 is 5.82 Å². The molecule has 2 rings (SSSR count). The number of carbonyl (C=O) groups excluding carboxylic acids is 1. The minimum atomic E-state index is -0.429. The van der Waals surface area contributed by atoms with Gasteiger partial charge in [-0.2, -0.15) is 5.10 Å². The maximum absolute atomic E-state index is 13.6. The Morgan fingerprint density at radius 3 is 2.68 bits per heavy atom. The smallest absolute Gasteiger partial charge is 0.322 e. The van der Waals surface area contributed by atoms with Gasteiger partial charge in [-0.3, -0.25) is 4.68 Å². The largest absolute Gasteiger partial charge is 0.489 e. The fourth-order valence-electron chi connectivity index (χ4n) is 2.26. The van der Waals surface area contributed by atoms with Crippen LogP contribution in [0, 0.1) is 12.7 Å². The van der Waals surface area contributed by atoms with Crippen molar-refractivity contribution in [3.05, 3.63) is 42.0 Å². The molecule has 0 unspecified atom stereocenters. The number of amides is 2. The van der Waals surface area contributed by atoms with Crippen molar-refractivity contribution < 1.29 is 18.7 Å². The highest BCUT2D eigenvalue weighted by Crippen LogP contribution is 2.15. The number of carbonyl (C=O) groups is 1. The van der Waals surface area contributed by atoms with Gasteiger partial charge < -0.3 is 19.7 Å². The Labute approximate surface area is 146 Å².